The summed E-state index contributed by atoms with van der Waals surface area (Å²) in [6, 6.07) is 11.0. The van der Waals surface area contributed by atoms with Gasteiger partial charge in [0.05, 0.1) is 19.9 Å². The molecule has 1 heterocycles. The Morgan fingerprint density at radius 3 is 2.48 bits per heavy atom. The molecule has 3 rings (SSSR count). The molecule has 2 N–H and O–H groups in total. The largest absolute Gasteiger partial charge is 0.493 e. The zero-order chi connectivity index (χ0) is 21.0. The van der Waals surface area contributed by atoms with Crippen molar-refractivity contribution in [2.75, 3.05) is 19.5 Å². The van der Waals surface area contributed by atoms with Crippen LogP contribution in [0.1, 0.15) is 17.5 Å². The van der Waals surface area contributed by atoms with Gasteiger partial charge in [0.1, 0.15) is 5.25 Å². The molecule has 8 heteroatoms. The lowest BCUT2D eigenvalue weighted by Crippen LogP contribution is -2.28. The van der Waals surface area contributed by atoms with Crippen LogP contribution >= 0.6 is 11.8 Å². The highest BCUT2D eigenvalue weighted by molar-refractivity contribution is 8.15. The first kappa shape index (κ1) is 20.7. The number of rotatable bonds is 6. The summed E-state index contributed by atoms with van der Waals surface area (Å²) in [6.45, 7) is 3.95. The first-order valence-corrected chi connectivity index (χ1v) is 9.93. The predicted molar refractivity (Wildman–Crippen MR) is 115 cm³/mol. The summed E-state index contributed by atoms with van der Waals surface area (Å²) in [6.07, 6.45) is 0.0383. The Bertz CT molecular complexity index is 954. The lowest BCUT2D eigenvalue weighted by atomic mass is 10.1. The van der Waals surface area contributed by atoms with Crippen molar-refractivity contribution in [3.63, 3.8) is 0 Å². The van der Waals surface area contributed by atoms with Crippen LogP contribution in [0.2, 0.25) is 0 Å². The number of thioether (sulfide) groups is 1. The number of amides is 2. The quantitative estimate of drug-likeness (QED) is 0.756. The van der Waals surface area contributed by atoms with Crippen LogP contribution in [0, 0.1) is 13.8 Å². The molecule has 0 radical (unpaired) electrons. The number of nitrogens with one attached hydrogen (secondary N) is 2. The first-order chi connectivity index (χ1) is 13.9. The summed E-state index contributed by atoms with van der Waals surface area (Å²) < 4.78 is 10.4. The number of hydrogen-bond donors (Lipinski definition) is 2. The van der Waals surface area contributed by atoms with Crippen LogP contribution in [0.25, 0.3) is 0 Å². The number of hydrogen-bond acceptors (Lipinski definition) is 6. The highest BCUT2D eigenvalue weighted by Crippen LogP contribution is 2.31. The molecule has 0 aliphatic carbocycles. The molecular weight excluding hydrogens is 390 g/mol. The number of amidine groups is 1. The zero-order valence-electron chi connectivity index (χ0n) is 16.7. The molecule has 2 aromatic rings. The van der Waals surface area contributed by atoms with E-state index in [9.17, 15) is 9.59 Å². The van der Waals surface area contributed by atoms with E-state index in [1.165, 1.54) is 18.9 Å². The van der Waals surface area contributed by atoms with Crippen molar-refractivity contribution in [3.8, 4) is 11.5 Å². The molecule has 0 bridgehead atoms. The number of aliphatic imine (C=N–C) groups is 1. The van der Waals surface area contributed by atoms with E-state index >= 15 is 0 Å². The molecule has 2 aromatic carbocycles. The van der Waals surface area contributed by atoms with Gasteiger partial charge >= 0.3 is 0 Å². The molecule has 7 nitrogen and oxygen atoms in total. The molecule has 1 saturated heterocycles. The van der Waals surface area contributed by atoms with Gasteiger partial charge in [-0.25, -0.2) is 4.99 Å². The van der Waals surface area contributed by atoms with E-state index in [0.29, 0.717) is 22.4 Å². The van der Waals surface area contributed by atoms with Crippen LogP contribution in [0.3, 0.4) is 0 Å². The van der Waals surface area contributed by atoms with Gasteiger partial charge < -0.3 is 20.1 Å². The van der Waals surface area contributed by atoms with E-state index in [0.717, 1.165) is 16.8 Å². The molecule has 152 valence electrons. The molecule has 1 fully saturated rings. The number of carbonyl (C=O) groups is 2. The Balaban J connectivity index is 1.66. The summed E-state index contributed by atoms with van der Waals surface area (Å²) >= 11 is 1.27. The number of carbonyl (C=O) groups excluding carboxylic acids is 2. The Morgan fingerprint density at radius 1 is 1.14 bits per heavy atom. The molecule has 0 unspecified atom stereocenters. The summed E-state index contributed by atoms with van der Waals surface area (Å²) in [5, 5.41) is 5.54. The minimum atomic E-state index is -0.529. The first-order valence-electron chi connectivity index (χ1n) is 9.05. The number of benzene rings is 2. The fourth-order valence-corrected chi connectivity index (χ4v) is 3.94. The van der Waals surface area contributed by atoms with Gasteiger partial charge in [0.15, 0.2) is 16.7 Å². The Labute approximate surface area is 173 Å². The molecule has 0 aromatic heterocycles. The van der Waals surface area contributed by atoms with Gasteiger partial charge in [-0.15, -0.1) is 0 Å². The third-order valence-electron chi connectivity index (χ3n) is 4.47. The lowest BCUT2D eigenvalue weighted by molar-refractivity contribution is -0.122. The number of para-hydroxylation sites is 1. The smallest absolute Gasteiger partial charge is 0.240 e. The van der Waals surface area contributed by atoms with Crippen LogP contribution in [0.4, 0.5) is 11.4 Å². The van der Waals surface area contributed by atoms with Crippen LogP contribution in [-0.4, -0.2) is 36.5 Å². The Morgan fingerprint density at radius 2 is 1.83 bits per heavy atom. The molecule has 0 saturated carbocycles. The summed E-state index contributed by atoms with van der Waals surface area (Å²) in [4.78, 5) is 29.3. The van der Waals surface area contributed by atoms with Gasteiger partial charge in [-0.1, -0.05) is 30.0 Å². The van der Waals surface area contributed by atoms with Gasteiger partial charge in [-0.3, -0.25) is 9.59 Å². The maximum atomic E-state index is 12.4. The molecular formula is C21H23N3O4S. The predicted octanol–water partition coefficient (Wildman–Crippen LogP) is 3.57. The van der Waals surface area contributed by atoms with Gasteiger partial charge in [-0.2, -0.15) is 0 Å². The maximum absolute atomic E-state index is 12.4. The van der Waals surface area contributed by atoms with Crippen molar-refractivity contribution in [2.24, 2.45) is 4.99 Å². The monoisotopic (exact) mass is 413 g/mol. The SMILES string of the molecule is COc1ccc(NC(=O)C[C@H]2SC(=Nc3c(C)cccc3C)NC2=O)cc1OC. The topological polar surface area (TPSA) is 89.0 Å². The van der Waals surface area contributed by atoms with E-state index in [2.05, 4.69) is 15.6 Å². The minimum absolute atomic E-state index is 0.0383. The Hall–Kier alpha value is -3.00. The summed E-state index contributed by atoms with van der Waals surface area (Å²) in [7, 11) is 3.07. The average Bonchev–Trinajstić information content (AvgIpc) is 3.03. The van der Waals surface area contributed by atoms with E-state index < -0.39 is 5.25 Å². The molecule has 29 heavy (non-hydrogen) atoms. The minimum Gasteiger partial charge on any atom is -0.493 e. The van der Waals surface area contributed by atoms with Crippen molar-refractivity contribution in [3.05, 3.63) is 47.5 Å². The number of anilines is 1. The normalized spacial score (nSPS) is 17.2. The standard InChI is InChI=1S/C21H23N3O4S/c1-12-6-5-7-13(2)19(12)23-21-24-20(26)17(29-21)11-18(25)22-14-8-9-15(27-3)16(10-14)28-4/h5-10,17H,11H2,1-4H3,(H,22,25)(H,23,24,26)/t17-/m1/s1. The van der Waals surface area contributed by atoms with E-state index in [1.807, 2.05) is 32.0 Å². The van der Waals surface area contributed by atoms with Gasteiger partial charge in [0, 0.05) is 18.2 Å². The number of nitrogens with zero attached hydrogens (tertiary/aromatic N) is 1. The third-order valence-corrected chi connectivity index (χ3v) is 5.55. The molecule has 1 aliphatic heterocycles. The molecule has 0 spiro atoms. The third kappa shape index (κ3) is 4.89. The fraction of sp³-hybridized carbons (Fsp3) is 0.286. The van der Waals surface area contributed by atoms with Crippen LogP contribution in [-0.2, 0) is 9.59 Å². The second-order valence-electron chi connectivity index (χ2n) is 6.58. The van der Waals surface area contributed by atoms with Crippen molar-refractivity contribution in [2.45, 2.75) is 25.5 Å². The van der Waals surface area contributed by atoms with Crippen molar-refractivity contribution in [1.29, 1.82) is 0 Å². The second-order valence-corrected chi connectivity index (χ2v) is 7.77. The highest BCUT2D eigenvalue weighted by Gasteiger charge is 2.32. The van der Waals surface area contributed by atoms with Crippen LogP contribution < -0.4 is 20.1 Å². The fourth-order valence-electron chi connectivity index (χ4n) is 2.97. The van der Waals surface area contributed by atoms with Gasteiger partial charge in [0.2, 0.25) is 11.8 Å². The Kier molecular flexibility index (Phi) is 6.43. The zero-order valence-corrected chi connectivity index (χ0v) is 17.6. The van der Waals surface area contributed by atoms with E-state index in [-0.39, 0.29) is 18.2 Å². The van der Waals surface area contributed by atoms with Crippen LogP contribution in [0.15, 0.2) is 41.4 Å². The highest BCUT2D eigenvalue weighted by atomic mass is 32.2. The van der Waals surface area contributed by atoms with Crippen molar-refractivity contribution in [1.82, 2.24) is 5.32 Å². The summed E-state index contributed by atoms with van der Waals surface area (Å²) in [5.41, 5.74) is 3.47. The number of ether oxygens (including phenoxy) is 2. The number of methoxy groups -OCH3 is 2. The van der Waals surface area contributed by atoms with E-state index in [4.69, 9.17) is 9.47 Å². The summed E-state index contributed by atoms with van der Waals surface area (Å²) in [5.74, 6) is 0.602. The lowest BCUT2D eigenvalue weighted by Gasteiger charge is -2.11. The van der Waals surface area contributed by atoms with Gasteiger partial charge in [-0.05, 0) is 37.1 Å². The van der Waals surface area contributed by atoms with Gasteiger partial charge in [0.25, 0.3) is 0 Å². The van der Waals surface area contributed by atoms with E-state index in [1.54, 1.807) is 25.3 Å². The molecule has 1 atom stereocenters. The second kappa shape index (κ2) is 9.00. The maximum Gasteiger partial charge on any atom is 0.240 e. The average molecular weight is 413 g/mol. The molecule has 2 amide bonds. The number of aryl methyl sites for hydroxylation is 2. The van der Waals surface area contributed by atoms with Crippen molar-refractivity contribution >= 4 is 40.1 Å². The molecule has 1 aliphatic rings. The van der Waals surface area contributed by atoms with Crippen LogP contribution in [0.5, 0.6) is 11.5 Å². The van der Waals surface area contributed by atoms with Crippen molar-refractivity contribution < 1.29 is 19.1 Å².